The summed E-state index contributed by atoms with van der Waals surface area (Å²) >= 11 is 0. The summed E-state index contributed by atoms with van der Waals surface area (Å²) in [7, 11) is 0. The van der Waals surface area contributed by atoms with E-state index in [-0.39, 0.29) is 0 Å². The summed E-state index contributed by atoms with van der Waals surface area (Å²) < 4.78 is 2.34. The quantitative estimate of drug-likeness (QED) is 0.118. The number of benzene rings is 11. The Labute approximate surface area is 387 Å². The average molecular weight is 853 g/mol. The highest BCUT2D eigenvalue weighted by atomic mass is 15.0. The van der Waals surface area contributed by atoms with E-state index in [0.29, 0.717) is 17.5 Å². The predicted molar refractivity (Wildman–Crippen MR) is 279 cm³/mol. The summed E-state index contributed by atoms with van der Waals surface area (Å²) in [5, 5.41) is 9.70. The molecule has 0 fully saturated rings. The van der Waals surface area contributed by atoms with Crippen LogP contribution in [-0.4, -0.2) is 19.5 Å². The van der Waals surface area contributed by atoms with E-state index in [1.165, 1.54) is 43.4 Å². The normalized spacial score (nSPS) is 11.6. The second-order valence-electron chi connectivity index (χ2n) is 17.1. The third-order valence-corrected chi connectivity index (χ3v) is 13.2. The van der Waals surface area contributed by atoms with Crippen LogP contribution in [0.25, 0.3) is 127 Å². The number of fused-ring (bicyclic) bond motifs is 7. The van der Waals surface area contributed by atoms with Gasteiger partial charge in [-0.2, -0.15) is 0 Å². The smallest absolute Gasteiger partial charge is 0.164 e. The van der Waals surface area contributed by atoms with Crippen LogP contribution in [0.4, 0.5) is 0 Å². The highest BCUT2D eigenvalue weighted by molar-refractivity contribution is 6.20. The number of aromatic nitrogens is 4. The molecule has 11 aromatic carbocycles. The molecule has 0 atom stereocenters. The number of para-hydroxylation sites is 2. The molecule has 0 aliphatic carbocycles. The maximum Gasteiger partial charge on any atom is 0.164 e. The first-order valence-electron chi connectivity index (χ1n) is 22.8. The molecule has 0 aliphatic rings. The predicted octanol–water partition coefficient (Wildman–Crippen LogP) is 16.4. The Morgan fingerprint density at radius 1 is 0.269 bits per heavy atom. The lowest BCUT2D eigenvalue weighted by Gasteiger charge is -2.15. The molecular formula is C63H40N4. The monoisotopic (exact) mass is 852 g/mol. The minimum atomic E-state index is 0.608. The first kappa shape index (κ1) is 38.5. The first-order valence-corrected chi connectivity index (χ1v) is 22.8. The molecule has 0 N–H and O–H groups in total. The molecule has 0 aliphatic heterocycles. The van der Waals surface area contributed by atoms with Crippen molar-refractivity contribution in [3.8, 4) is 73.2 Å². The van der Waals surface area contributed by atoms with Crippen molar-refractivity contribution in [2.24, 2.45) is 0 Å². The van der Waals surface area contributed by atoms with Crippen LogP contribution in [-0.2, 0) is 0 Å². The number of rotatable bonds is 7. The van der Waals surface area contributed by atoms with Gasteiger partial charge in [-0.3, -0.25) is 0 Å². The minimum absolute atomic E-state index is 0.608. The molecule has 4 heteroatoms. The molecule has 2 heterocycles. The van der Waals surface area contributed by atoms with Gasteiger partial charge < -0.3 is 4.57 Å². The number of hydrogen-bond donors (Lipinski definition) is 0. The van der Waals surface area contributed by atoms with Crippen LogP contribution in [0.5, 0.6) is 0 Å². The summed E-state index contributed by atoms with van der Waals surface area (Å²) in [6.07, 6.45) is 0. The molecule has 0 bridgehead atoms. The third kappa shape index (κ3) is 6.57. The van der Waals surface area contributed by atoms with E-state index >= 15 is 0 Å². The van der Waals surface area contributed by atoms with Crippen LogP contribution in [0, 0.1) is 0 Å². The fourth-order valence-electron chi connectivity index (χ4n) is 10.2. The molecule has 0 saturated carbocycles. The Balaban J connectivity index is 1.00. The van der Waals surface area contributed by atoms with Gasteiger partial charge in [0.15, 0.2) is 17.5 Å². The summed E-state index contributed by atoms with van der Waals surface area (Å²) in [5.74, 6) is 1.84. The molecule has 13 rings (SSSR count). The highest BCUT2D eigenvalue weighted by Crippen LogP contribution is 2.42. The standard InChI is InChI=1S/C63H40N4/c1-3-18-41(19-4-1)49-28-11-12-31-53(49)62-64-61(65-63(66-62)55-33-17-35-58-60(55)54-32-13-14-34-57(54)67(58)48-26-5-2-6-27-48)47-25-16-23-44(39-47)43-22-15-24-46(38-43)59-51-30-10-8-21-45(51)40-56-50-29-9-7-20-42(50)36-37-52(56)59/h1-40H. The molecule has 67 heavy (non-hydrogen) atoms. The Morgan fingerprint density at radius 2 is 0.806 bits per heavy atom. The fourth-order valence-corrected chi connectivity index (χ4v) is 10.2. The summed E-state index contributed by atoms with van der Waals surface area (Å²) in [5.41, 5.74) is 12.9. The van der Waals surface area contributed by atoms with Crippen LogP contribution in [0.2, 0.25) is 0 Å². The first-order chi connectivity index (χ1) is 33.2. The molecule has 0 saturated heterocycles. The lowest BCUT2D eigenvalue weighted by molar-refractivity contribution is 1.08. The van der Waals surface area contributed by atoms with Gasteiger partial charge in [0.25, 0.3) is 0 Å². The fraction of sp³-hybridized carbons (Fsp3) is 0. The van der Waals surface area contributed by atoms with E-state index in [1.807, 2.05) is 6.07 Å². The second kappa shape index (κ2) is 15.9. The van der Waals surface area contributed by atoms with Crippen molar-refractivity contribution >= 4 is 54.1 Å². The van der Waals surface area contributed by atoms with Crippen molar-refractivity contribution in [2.45, 2.75) is 0 Å². The molecule has 0 spiro atoms. The van der Waals surface area contributed by atoms with Crippen molar-refractivity contribution in [1.82, 2.24) is 19.5 Å². The molecule has 0 amide bonds. The van der Waals surface area contributed by atoms with Gasteiger partial charge in [0.1, 0.15) is 0 Å². The molecule has 2 aromatic heterocycles. The average Bonchev–Trinajstić information content (AvgIpc) is 3.75. The molecule has 4 nitrogen and oxygen atoms in total. The van der Waals surface area contributed by atoms with E-state index in [1.54, 1.807) is 0 Å². The van der Waals surface area contributed by atoms with Crippen LogP contribution >= 0.6 is 0 Å². The van der Waals surface area contributed by atoms with Gasteiger partial charge in [-0.15, -0.1) is 0 Å². The van der Waals surface area contributed by atoms with Crippen LogP contribution in [0.15, 0.2) is 243 Å². The van der Waals surface area contributed by atoms with Gasteiger partial charge in [-0.25, -0.2) is 15.0 Å². The minimum Gasteiger partial charge on any atom is -0.309 e. The summed E-state index contributed by atoms with van der Waals surface area (Å²) in [4.78, 5) is 16.1. The van der Waals surface area contributed by atoms with Crippen LogP contribution in [0.3, 0.4) is 0 Å². The Kier molecular flexibility index (Phi) is 9.14. The van der Waals surface area contributed by atoms with Crippen molar-refractivity contribution in [3.05, 3.63) is 243 Å². The van der Waals surface area contributed by atoms with Gasteiger partial charge in [0.05, 0.1) is 11.0 Å². The molecule has 13 aromatic rings. The largest absolute Gasteiger partial charge is 0.309 e. The molecule has 0 radical (unpaired) electrons. The van der Waals surface area contributed by atoms with Crippen LogP contribution < -0.4 is 0 Å². The Morgan fingerprint density at radius 3 is 1.61 bits per heavy atom. The van der Waals surface area contributed by atoms with Gasteiger partial charge in [0, 0.05) is 33.2 Å². The molecule has 0 unspecified atom stereocenters. The molecular weight excluding hydrogens is 813 g/mol. The van der Waals surface area contributed by atoms with E-state index in [0.717, 1.165) is 66.4 Å². The van der Waals surface area contributed by atoms with Crippen LogP contribution in [0.1, 0.15) is 0 Å². The van der Waals surface area contributed by atoms with E-state index in [4.69, 9.17) is 15.0 Å². The van der Waals surface area contributed by atoms with Gasteiger partial charge in [-0.05, 0) is 108 Å². The number of nitrogens with zero attached hydrogens (tertiary/aromatic N) is 4. The van der Waals surface area contributed by atoms with E-state index < -0.39 is 0 Å². The summed E-state index contributed by atoms with van der Waals surface area (Å²) in [6.45, 7) is 0. The zero-order valence-electron chi connectivity index (χ0n) is 36.4. The van der Waals surface area contributed by atoms with Crippen molar-refractivity contribution in [3.63, 3.8) is 0 Å². The topological polar surface area (TPSA) is 43.6 Å². The van der Waals surface area contributed by atoms with Crippen molar-refractivity contribution in [1.29, 1.82) is 0 Å². The van der Waals surface area contributed by atoms with E-state index in [9.17, 15) is 0 Å². The summed E-state index contributed by atoms with van der Waals surface area (Å²) in [6, 6.07) is 86.4. The van der Waals surface area contributed by atoms with E-state index in [2.05, 4.69) is 241 Å². The SMILES string of the molecule is c1ccc(-c2ccccc2-c2nc(-c3cccc(-c4cccc(-c5c6ccccc6cc6c5ccc5ccccc56)c4)c3)nc(-c3cccc4c3c3ccccc3n4-c3ccccc3)n2)cc1. The lowest BCUT2D eigenvalue weighted by atomic mass is 9.89. The zero-order chi connectivity index (χ0) is 44.3. The van der Waals surface area contributed by atoms with Gasteiger partial charge in [0.2, 0.25) is 0 Å². The maximum atomic E-state index is 5.40. The zero-order valence-corrected chi connectivity index (χ0v) is 36.4. The Hall–Kier alpha value is -8.99. The third-order valence-electron chi connectivity index (χ3n) is 13.2. The van der Waals surface area contributed by atoms with Gasteiger partial charge in [-0.1, -0.05) is 200 Å². The second-order valence-corrected chi connectivity index (χ2v) is 17.1. The van der Waals surface area contributed by atoms with Crippen molar-refractivity contribution < 1.29 is 0 Å². The Bertz CT molecular complexity index is 4040. The van der Waals surface area contributed by atoms with Gasteiger partial charge >= 0.3 is 0 Å². The van der Waals surface area contributed by atoms with Crippen molar-refractivity contribution in [2.75, 3.05) is 0 Å². The molecule has 312 valence electrons. The number of hydrogen-bond acceptors (Lipinski definition) is 3. The highest BCUT2D eigenvalue weighted by Gasteiger charge is 2.21. The maximum absolute atomic E-state index is 5.40. The lowest BCUT2D eigenvalue weighted by Crippen LogP contribution is -2.01.